The van der Waals surface area contributed by atoms with Gasteiger partial charge in [0.05, 0.1) is 0 Å². The van der Waals surface area contributed by atoms with E-state index in [0.717, 1.165) is 26.1 Å². The molecule has 0 aliphatic rings. The van der Waals surface area contributed by atoms with Crippen LogP contribution in [0.4, 0.5) is 5.95 Å². The van der Waals surface area contributed by atoms with Gasteiger partial charge in [-0.15, -0.1) is 0 Å². The molecule has 1 aromatic heterocycles. The van der Waals surface area contributed by atoms with Crippen molar-refractivity contribution in [2.24, 2.45) is 0 Å². The van der Waals surface area contributed by atoms with Crippen molar-refractivity contribution in [1.29, 1.82) is 5.26 Å². The minimum Gasteiger partial charge on any atom is -0.341 e. The van der Waals surface area contributed by atoms with Crippen molar-refractivity contribution in [2.75, 3.05) is 38.6 Å². The smallest absolute Gasteiger partial charge is 0.226 e. The van der Waals surface area contributed by atoms with Crippen LogP contribution in [0, 0.1) is 11.3 Å². The lowest BCUT2D eigenvalue weighted by Gasteiger charge is -2.21. The molecular weight excluding hydrogens is 214 g/mol. The van der Waals surface area contributed by atoms with Crippen LogP contribution in [-0.4, -0.2) is 48.6 Å². The predicted octanol–water partition coefficient (Wildman–Crippen LogP) is 1.13. The summed E-state index contributed by atoms with van der Waals surface area (Å²) < 4.78 is 0. The molecule has 1 heterocycles. The fraction of sp³-hybridized carbons (Fsp3) is 0.583. The van der Waals surface area contributed by atoms with Gasteiger partial charge in [0.1, 0.15) is 11.8 Å². The number of aromatic nitrogens is 2. The molecule has 0 amide bonds. The van der Waals surface area contributed by atoms with Crippen molar-refractivity contribution in [3.63, 3.8) is 0 Å². The summed E-state index contributed by atoms with van der Waals surface area (Å²) in [4.78, 5) is 12.6. The van der Waals surface area contributed by atoms with Gasteiger partial charge in [0, 0.05) is 19.3 Å². The number of nitrogens with zero attached hydrogens (tertiary/aromatic N) is 5. The molecule has 1 aromatic rings. The molecule has 1 rings (SSSR count). The molecule has 0 unspecified atom stereocenters. The zero-order chi connectivity index (χ0) is 12.7. The van der Waals surface area contributed by atoms with Crippen molar-refractivity contribution in [3.05, 3.63) is 18.0 Å². The molecule has 0 aliphatic heterocycles. The second kappa shape index (κ2) is 6.81. The summed E-state index contributed by atoms with van der Waals surface area (Å²) in [7, 11) is 4.12. The third-order valence-electron chi connectivity index (χ3n) is 2.46. The van der Waals surface area contributed by atoms with Gasteiger partial charge >= 0.3 is 0 Å². The highest BCUT2D eigenvalue weighted by Crippen LogP contribution is 2.07. The molecule has 0 saturated heterocycles. The third kappa shape index (κ3) is 4.37. The van der Waals surface area contributed by atoms with Gasteiger partial charge in [-0.25, -0.2) is 9.97 Å². The molecule has 0 saturated carbocycles. The molecule has 0 N–H and O–H groups in total. The van der Waals surface area contributed by atoms with Gasteiger partial charge in [-0.2, -0.15) is 5.26 Å². The zero-order valence-electron chi connectivity index (χ0n) is 10.7. The number of hydrogen-bond donors (Lipinski definition) is 0. The summed E-state index contributed by atoms with van der Waals surface area (Å²) in [6.07, 6.45) is 2.69. The highest BCUT2D eigenvalue weighted by Gasteiger charge is 2.07. The van der Waals surface area contributed by atoms with Gasteiger partial charge in [-0.3, -0.25) is 0 Å². The topological polar surface area (TPSA) is 56.0 Å². The van der Waals surface area contributed by atoms with Crippen LogP contribution in [0.1, 0.15) is 19.0 Å². The molecule has 0 atom stereocenters. The van der Waals surface area contributed by atoms with E-state index in [1.165, 1.54) is 0 Å². The average molecular weight is 233 g/mol. The molecule has 5 heteroatoms. The summed E-state index contributed by atoms with van der Waals surface area (Å²) in [5, 5.41) is 8.80. The number of rotatable bonds is 6. The minimum atomic E-state index is 0.418. The molecule has 5 nitrogen and oxygen atoms in total. The lowest BCUT2D eigenvalue weighted by atomic mass is 10.3. The summed E-state index contributed by atoms with van der Waals surface area (Å²) >= 11 is 0. The van der Waals surface area contributed by atoms with Gasteiger partial charge < -0.3 is 9.80 Å². The van der Waals surface area contributed by atoms with E-state index in [0.29, 0.717) is 11.6 Å². The zero-order valence-corrected chi connectivity index (χ0v) is 10.7. The highest BCUT2D eigenvalue weighted by atomic mass is 15.2. The van der Waals surface area contributed by atoms with Gasteiger partial charge in [-0.1, -0.05) is 0 Å². The predicted molar refractivity (Wildman–Crippen MR) is 67.8 cm³/mol. The monoisotopic (exact) mass is 233 g/mol. The summed E-state index contributed by atoms with van der Waals surface area (Å²) in [5.74, 6) is 0.644. The minimum absolute atomic E-state index is 0.418. The standard InChI is InChI=1S/C12H19N5/c1-4-17(9-5-8-16(2)3)12-14-7-6-11(10-13)15-12/h6-7H,4-5,8-9H2,1-3H3. The van der Waals surface area contributed by atoms with Crippen molar-refractivity contribution in [2.45, 2.75) is 13.3 Å². The van der Waals surface area contributed by atoms with Crippen LogP contribution >= 0.6 is 0 Å². The maximum Gasteiger partial charge on any atom is 0.226 e. The Bertz CT molecular complexity index is 383. The molecule has 0 fully saturated rings. The first-order chi connectivity index (χ1) is 8.17. The van der Waals surface area contributed by atoms with Crippen LogP contribution in [-0.2, 0) is 0 Å². The largest absolute Gasteiger partial charge is 0.341 e. The van der Waals surface area contributed by atoms with E-state index >= 15 is 0 Å². The Morgan fingerprint density at radius 2 is 2.12 bits per heavy atom. The second-order valence-electron chi connectivity index (χ2n) is 4.09. The van der Waals surface area contributed by atoms with Crippen molar-refractivity contribution >= 4 is 5.95 Å². The second-order valence-corrected chi connectivity index (χ2v) is 4.09. The molecule has 17 heavy (non-hydrogen) atoms. The molecule has 0 radical (unpaired) electrons. The molecule has 92 valence electrons. The fourth-order valence-corrected chi connectivity index (χ4v) is 1.54. The first-order valence-electron chi connectivity index (χ1n) is 5.80. The van der Waals surface area contributed by atoms with E-state index in [2.05, 4.69) is 40.8 Å². The van der Waals surface area contributed by atoms with Gasteiger partial charge in [-0.05, 0) is 40.1 Å². The fourth-order valence-electron chi connectivity index (χ4n) is 1.54. The van der Waals surface area contributed by atoms with Crippen LogP contribution < -0.4 is 4.90 Å². The van der Waals surface area contributed by atoms with Gasteiger partial charge in [0.2, 0.25) is 5.95 Å². The lowest BCUT2D eigenvalue weighted by molar-refractivity contribution is 0.400. The van der Waals surface area contributed by atoms with Crippen LogP contribution in [0.25, 0.3) is 0 Å². The summed E-state index contributed by atoms with van der Waals surface area (Å²) in [6.45, 7) is 4.86. The maximum atomic E-state index is 8.80. The Morgan fingerprint density at radius 3 is 2.71 bits per heavy atom. The molecule has 0 bridgehead atoms. The van der Waals surface area contributed by atoms with E-state index in [1.807, 2.05) is 6.07 Å². The van der Waals surface area contributed by atoms with Crippen molar-refractivity contribution in [1.82, 2.24) is 14.9 Å². The van der Waals surface area contributed by atoms with E-state index in [4.69, 9.17) is 5.26 Å². The van der Waals surface area contributed by atoms with Crippen LogP contribution in [0.2, 0.25) is 0 Å². The Morgan fingerprint density at radius 1 is 1.35 bits per heavy atom. The van der Waals surface area contributed by atoms with E-state index in [1.54, 1.807) is 12.3 Å². The lowest BCUT2D eigenvalue weighted by Crippen LogP contribution is -2.28. The summed E-state index contributed by atoms with van der Waals surface area (Å²) in [5.41, 5.74) is 0.418. The highest BCUT2D eigenvalue weighted by molar-refractivity contribution is 5.33. The Kier molecular flexibility index (Phi) is 5.37. The van der Waals surface area contributed by atoms with Crippen molar-refractivity contribution < 1.29 is 0 Å². The van der Waals surface area contributed by atoms with E-state index in [9.17, 15) is 0 Å². The van der Waals surface area contributed by atoms with Gasteiger partial charge in [0.25, 0.3) is 0 Å². The molecular formula is C12H19N5. The number of nitriles is 1. The maximum absolute atomic E-state index is 8.80. The third-order valence-corrected chi connectivity index (χ3v) is 2.46. The Balaban J connectivity index is 2.63. The molecule has 0 aliphatic carbocycles. The number of anilines is 1. The van der Waals surface area contributed by atoms with Crippen LogP contribution in [0.5, 0.6) is 0 Å². The first kappa shape index (κ1) is 13.4. The quantitative estimate of drug-likeness (QED) is 0.737. The molecule has 0 spiro atoms. The average Bonchev–Trinajstić information content (AvgIpc) is 2.34. The number of hydrogen-bond acceptors (Lipinski definition) is 5. The Labute approximate surface area is 103 Å². The first-order valence-corrected chi connectivity index (χ1v) is 5.80. The van der Waals surface area contributed by atoms with E-state index < -0.39 is 0 Å². The van der Waals surface area contributed by atoms with E-state index in [-0.39, 0.29) is 0 Å². The van der Waals surface area contributed by atoms with Gasteiger partial charge in [0.15, 0.2) is 0 Å². The van der Waals surface area contributed by atoms with Crippen molar-refractivity contribution in [3.8, 4) is 6.07 Å². The van der Waals surface area contributed by atoms with Crippen LogP contribution in [0.15, 0.2) is 12.3 Å². The SMILES string of the molecule is CCN(CCCN(C)C)c1nccc(C#N)n1. The summed E-state index contributed by atoms with van der Waals surface area (Å²) in [6, 6.07) is 3.66. The Hall–Kier alpha value is -1.67. The molecule has 0 aromatic carbocycles. The van der Waals surface area contributed by atoms with Crippen LogP contribution in [0.3, 0.4) is 0 Å². The normalized spacial score (nSPS) is 10.3.